The summed E-state index contributed by atoms with van der Waals surface area (Å²) in [5, 5.41) is 8.76. The van der Waals surface area contributed by atoms with Crippen LogP contribution in [0.25, 0.3) is 0 Å². The minimum atomic E-state index is -0.857. The Morgan fingerprint density at radius 3 is 2.56 bits per heavy atom. The Balaban J connectivity index is 1.70. The molecule has 3 heteroatoms. The fraction of sp³-hybridized carbons (Fsp3) is 0.933. The third kappa shape index (κ3) is 2.87. The molecule has 0 heterocycles. The van der Waals surface area contributed by atoms with E-state index in [1.807, 2.05) is 0 Å². The monoisotopic (exact) mass is 253 g/mol. The highest BCUT2D eigenvalue weighted by Crippen LogP contribution is 2.59. The number of nitrogens with two attached hydrogens (primary N) is 1. The number of hydrogen-bond donors (Lipinski definition) is 2. The van der Waals surface area contributed by atoms with Crippen molar-refractivity contribution in [3.8, 4) is 0 Å². The van der Waals surface area contributed by atoms with Crippen molar-refractivity contribution in [2.75, 3.05) is 0 Å². The van der Waals surface area contributed by atoms with E-state index in [1.54, 1.807) is 0 Å². The Labute approximate surface area is 110 Å². The minimum Gasteiger partial charge on any atom is -0.480 e. The maximum atomic E-state index is 10.7. The lowest BCUT2D eigenvalue weighted by Gasteiger charge is -2.46. The number of aliphatic carboxylic acids is 1. The summed E-state index contributed by atoms with van der Waals surface area (Å²) in [5.41, 5.74) is 6.18. The SMILES string of the molecule is CC(C)C1CCC2(CC(CCC(N)C(=O)O)C2)C1. The van der Waals surface area contributed by atoms with E-state index in [4.69, 9.17) is 10.8 Å². The molecular formula is C15H27NO2. The van der Waals surface area contributed by atoms with Gasteiger partial charge in [0, 0.05) is 0 Å². The molecule has 0 bridgehead atoms. The van der Waals surface area contributed by atoms with Gasteiger partial charge in [0.2, 0.25) is 0 Å². The van der Waals surface area contributed by atoms with Crippen LogP contribution in [-0.4, -0.2) is 17.1 Å². The first-order valence-corrected chi connectivity index (χ1v) is 7.40. The van der Waals surface area contributed by atoms with Gasteiger partial charge in [-0.25, -0.2) is 0 Å². The van der Waals surface area contributed by atoms with E-state index in [-0.39, 0.29) is 0 Å². The van der Waals surface area contributed by atoms with E-state index in [1.165, 1.54) is 32.1 Å². The van der Waals surface area contributed by atoms with Crippen molar-refractivity contribution in [1.29, 1.82) is 0 Å². The molecule has 3 N–H and O–H groups in total. The molecule has 2 saturated carbocycles. The standard InChI is InChI=1S/C15H27NO2/c1-10(2)12-5-6-15(9-12)7-11(8-15)3-4-13(16)14(17)18/h10-13H,3-9,16H2,1-2H3,(H,17,18). The molecule has 2 atom stereocenters. The number of hydrogen-bond acceptors (Lipinski definition) is 2. The summed E-state index contributed by atoms with van der Waals surface area (Å²) in [4.78, 5) is 10.7. The van der Waals surface area contributed by atoms with E-state index in [0.29, 0.717) is 11.8 Å². The van der Waals surface area contributed by atoms with E-state index >= 15 is 0 Å². The van der Waals surface area contributed by atoms with Gasteiger partial charge >= 0.3 is 5.97 Å². The molecule has 0 aromatic heterocycles. The second-order valence-electron chi connectivity index (χ2n) is 7.04. The van der Waals surface area contributed by atoms with Crippen molar-refractivity contribution < 1.29 is 9.90 Å². The first-order valence-electron chi connectivity index (χ1n) is 7.40. The van der Waals surface area contributed by atoms with Crippen molar-refractivity contribution in [2.45, 2.75) is 64.8 Å². The van der Waals surface area contributed by atoms with Gasteiger partial charge in [-0.05, 0) is 68.1 Å². The van der Waals surface area contributed by atoms with Gasteiger partial charge in [0.15, 0.2) is 0 Å². The third-order valence-corrected chi connectivity index (χ3v) is 5.33. The van der Waals surface area contributed by atoms with Crippen LogP contribution in [0, 0.1) is 23.2 Å². The molecule has 0 radical (unpaired) electrons. The van der Waals surface area contributed by atoms with Crippen LogP contribution in [0.2, 0.25) is 0 Å². The summed E-state index contributed by atoms with van der Waals surface area (Å²) in [7, 11) is 0. The Bertz CT molecular complexity index is 308. The van der Waals surface area contributed by atoms with Crippen molar-refractivity contribution in [2.24, 2.45) is 28.9 Å². The molecule has 18 heavy (non-hydrogen) atoms. The van der Waals surface area contributed by atoms with Gasteiger partial charge in [0.1, 0.15) is 6.04 Å². The van der Waals surface area contributed by atoms with Crippen LogP contribution >= 0.6 is 0 Å². The number of rotatable bonds is 5. The summed E-state index contributed by atoms with van der Waals surface area (Å²) in [5.74, 6) is 1.63. The van der Waals surface area contributed by atoms with Gasteiger partial charge in [-0.1, -0.05) is 13.8 Å². The quantitative estimate of drug-likeness (QED) is 0.791. The molecule has 104 valence electrons. The van der Waals surface area contributed by atoms with Crippen LogP contribution in [-0.2, 0) is 4.79 Å². The first kappa shape index (κ1) is 13.9. The Morgan fingerprint density at radius 1 is 1.39 bits per heavy atom. The summed E-state index contributed by atoms with van der Waals surface area (Å²) < 4.78 is 0. The normalized spacial score (nSPS) is 36.9. The Morgan fingerprint density at radius 2 is 2.06 bits per heavy atom. The van der Waals surface area contributed by atoms with Crippen LogP contribution in [0.15, 0.2) is 0 Å². The molecule has 0 aliphatic heterocycles. The molecule has 2 unspecified atom stereocenters. The van der Waals surface area contributed by atoms with Crippen LogP contribution in [0.1, 0.15) is 58.8 Å². The summed E-state index contributed by atoms with van der Waals surface area (Å²) in [6.45, 7) is 4.68. The maximum Gasteiger partial charge on any atom is 0.320 e. The molecule has 1 spiro atoms. The van der Waals surface area contributed by atoms with Crippen LogP contribution in [0.3, 0.4) is 0 Å². The molecule has 0 amide bonds. The van der Waals surface area contributed by atoms with Crippen LogP contribution < -0.4 is 5.73 Å². The number of carboxylic acid groups (broad SMARTS) is 1. The average molecular weight is 253 g/mol. The molecular weight excluding hydrogens is 226 g/mol. The van der Waals surface area contributed by atoms with E-state index in [2.05, 4.69) is 13.8 Å². The minimum absolute atomic E-state index is 0.632. The van der Waals surface area contributed by atoms with Crippen molar-refractivity contribution in [3.63, 3.8) is 0 Å². The predicted molar refractivity (Wildman–Crippen MR) is 72.2 cm³/mol. The van der Waals surface area contributed by atoms with E-state index in [0.717, 1.165) is 24.2 Å². The molecule has 0 aromatic carbocycles. The number of carbonyl (C=O) groups is 1. The predicted octanol–water partition coefficient (Wildman–Crippen LogP) is 3.03. The zero-order valence-electron chi connectivity index (χ0n) is 11.7. The first-order chi connectivity index (χ1) is 8.42. The van der Waals surface area contributed by atoms with Gasteiger partial charge in [0.25, 0.3) is 0 Å². The van der Waals surface area contributed by atoms with Crippen LogP contribution in [0.5, 0.6) is 0 Å². The summed E-state index contributed by atoms with van der Waals surface area (Å²) in [6, 6.07) is -0.659. The zero-order valence-corrected chi connectivity index (χ0v) is 11.7. The van der Waals surface area contributed by atoms with Crippen molar-refractivity contribution >= 4 is 5.97 Å². The van der Waals surface area contributed by atoms with Crippen molar-refractivity contribution in [1.82, 2.24) is 0 Å². The molecule has 2 fully saturated rings. The topological polar surface area (TPSA) is 63.3 Å². The van der Waals surface area contributed by atoms with E-state index < -0.39 is 12.0 Å². The highest BCUT2D eigenvalue weighted by molar-refractivity contribution is 5.72. The fourth-order valence-electron chi connectivity index (χ4n) is 4.10. The lowest BCUT2D eigenvalue weighted by Crippen LogP contribution is -2.37. The second-order valence-corrected chi connectivity index (χ2v) is 7.04. The van der Waals surface area contributed by atoms with E-state index in [9.17, 15) is 4.79 Å². The van der Waals surface area contributed by atoms with Gasteiger partial charge in [-0.3, -0.25) is 4.79 Å². The fourth-order valence-corrected chi connectivity index (χ4v) is 4.10. The average Bonchev–Trinajstić information content (AvgIpc) is 2.69. The third-order valence-electron chi connectivity index (χ3n) is 5.33. The second kappa shape index (κ2) is 5.20. The molecule has 2 aliphatic carbocycles. The Hall–Kier alpha value is -0.570. The van der Waals surface area contributed by atoms with Gasteiger partial charge in [0.05, 0.1) is 0 Å². The highest BCUT2D eigenvalue weighted by Gasteiger charge is 2.48. The Kier molecular flexibility index (Phi) is 4.00. The molecule has 3 nitrogen and oxygen atoms in total. The lowest BCUT2D eigenvalue weighted by molar-refractivity contribution is -0.138. The molecule has 0 saturated heterocycles. The maximum absolute atomic E-state index is 10.7. The molecule has 2 rings (SSSR count). The van der Waals surface area contributed by atoms with Gasteiger partial charge in [-0.2, -0.15) is 0 Å². The molecule has 2 aliphatic rings. The number of carboxylic acids is 1. The summed E-state index contributed by atoms with van der Waals surface area (Å²) in [6.07, 6.45) is 8.50. The smallest absolute Gasteiger partial charge is 0.320 e. The zero-order chi connectivity index (χ0) is 13.3. The summed E-state index contributed by atoms with van der Waals surface area (Å²) >= 11 is 0. The largest absolute Gasteiger partial charge is 0.480 e. The lowest BCUT2D eigenvalue weighted by atomic mass is 9.59. The van der Waals surface area contributed by atoms with Crippen molar-refractivity contribution in [3.05, 3.63) is 0 Å². The molecule has 0 aromatic rings. The van der Waals surface area contributed by atoms with Gasteiger partial charge in [-0.15, -0.1) is 0 Å². The highest BCUT2D eigenvalue weighted by atomic mass is 16.4. The van der Waals surface area contributed by atoms with Gasteiger partial charge < -0.3 is 10.8 Å². The van der Waals surface area contributed by atoms with Crippen LogP contribution in [0.4, 0.5) is 0 Å².